The molecule has 0 saturated heterocycles. The molecular weight excluding hydrogens is 593 g/mol. The van der Waals surface area contributed by atoms with Crippen LogP contribution in [0.2, 0.25) is 5.02 Å². The number of fused-ring (bicyclic) bond motifs is 1. The molecule has 2 heterocycles. The Morgan fingerprint density at radius 2 is 1.76 bits per heavy atom. The molecule has 1 N–H and O–H groups in total. The number of carboxylic acids is 1. The van der Waals surface area contributed by atoms with Crippen LogP contribution in [0.4, 0.5) is 23.4 Å². The predicted octanol–water partition coefficient (Wildman–Crippen LogP) is 2.62. The number of carbonyl (C=O) groups excluding carboxylic acids is 2. The molecule has 5 rings (SSSR count). The minimum absolute atomic E-state index is 0. The fourth-order valence-corrected chi connectivity index (χ4v) is 4.35. The number of nitrogens with one attached hydrogen (secondary N) is 1. The molecule has 0 spiro atoms. The monoisotopic (exact) mass is 609 g/mol. The van der Waals surface area contributed by atoms with Gasteiger partial charge in [0.2, 0.25) is 0 Å². The quantitative estimate of drug-likeness (QED) is 0.264. The number of rotatable bonds is 6. The molecule has 1 amide bonds. The van der Waals surface area contributed by atoms with Gasteiger partial charge in [-0.15, -0.1) is 10.2 Å². The first-order valence-electron chi connectivity index (χ1n) is 12.0. The van der Waals surface area contributed by atoms with Crippen LogP contribution in [-0.2, 0) is 11.0 Å². The van der Waals surface area contributed by atoms with E-state index in [2.05, 4.69) is 15.5 Å². The van der Waals surface area contributed by atoms with Crippen molar-refractivity contribution >= 4 is 29.3 Å². The molecule has 1 aliphatic heterocycles. The van der Waals surface area contributed by atoms with Gasteiger partial charge in [0.25, 0.3) is 5.91 Å². The van der Waals surface area contributed by atoms with E-state index in [-0.39, 0.29) is 76.0 Å². The molecule has 0 saturated carbocycles. The number of hydrogen-bond donors (Lipinski definition) is 1. The van der Waals surface area contributed by atoms with Crippen molar-refractivity contribution in [2.45, 2.75) is 18.5 Å². The van der Waals surface area contributed by atoms with Crippen molar-refractivity contribution in [3.63, 3.8) is 0 Å². The summed E-state index contributed by atoms with van der Waals surface area (Å²) in [4.78, 5) is 24.1. The summed E-state index contributed by atoms with van der Waals surface area (Å²) in [6, 6.07) is 13.6. The maximum Gasteiger partial charge on any atom is 1.00 e. The Morgan fingerprint density at radius 1 is 1.02 bits per heavy atom. The van der Waals surface area contributed by atoms with Crippen molar-refractivity contribution in [2.24, 2.45) is 0 Å². The Kier molecular flexibility index (Phi) is 9.41. The average molecular weight is 610 g/mol. The zero-order valence-electron chi connectivity index (χ0n) is 21.7. The summed E-state index contributed by atoms with van der Waals surface area (Å²) in [5.74, 6) is -2.80. The zero-order valence-corrected chi connectivity index (χ0v) is 24.4. The summed E-state index contributed by atoms with van der Waals surface area (Å²) in [7, 11) is 0. The molecule has 210 valence electrons. The van der Waals surface area contributed by atoms with Gasteiger partial charge in [-0.1, -0.05) is 11.6 Å². The maximum atomic E-state index is 14.2. The van der Waals surface area contributed by atoms with Gasteiger partial charge in [0.05, 0.1) is 22.9 Å². The SMILES string of the molecule is O=C(Nc1ccc(-c2ccc(C(F)(F)F)cc2F)nn1)c1ccc(Oc2cc3c(cc2Cl)C(C(=O)[O-])CCO3)cc1.[Na+]. The van der Waals surface area contributed by atoms with Crippen molar-refractivity contribution in [3.8, 4) is 28.5 Å². The molecule has 4 aromatic rings. The Balaban J connectivity index is 0.00000405. The number of hydrogen-bond acceptors (Lipinski definition) is 7. The number of anilines is 1. The van der Waals surface area contributed by atoms with Crippen LogP contribution in [-0.4, -0.2) is 28.7 Å². The molecule has 0 fully saturated rings. The Hall–Kier alpha value is -3.71. The van der Waals surface area contributed by atoms with Gasteiger partial charge >= 0.3 is 35.7 Å². The third kappa shape index (κ3) is 6.84. The minimum atomic E-state index is -4.68. The second-order valence-electron chi connectivity index (χ2n) is 8.91. The Bertz CT molecular complexity index is 1640. The van der Waals surface area contributed by atoms with Gasteiger partial charge in [0.15, 0.2) is 5.82 Å². The molecule has 1 atom stereocenters. The van der Waals surface area contributed by atoms with Crippen molar-refractivity contribution in [3.05, 3.63) is 94.3 Å². The average Bonchev–Trinajstić information content (AvgIpc) is 2.93. The second kappa shape index (κ2) is 12.7. The number of halogens is 5. The number of aliphatic carboxylic acids is 1. The molecular formula is C28H17ClF4N3NaO5. The van der Waals surface area contributed by atoms with Gasteiger partial charge in [-0.05, 0) is 67.1 Å². The van der Waals surface area contributed by atoms with Crippen molar-refractivity contribution < 1.29 is 71.3 Å². The van der Waals surface area contributed by atoms with E-state index in [0.717, 1.165) is 12.1 Å². The number of carbonyl (C=O) groups is 2. The summed E-state index contributed by atoms with van der Waals surface area (Å²) in [6.45, 7) is 0.204. The van der Waals surface area contributed by atoms with Crippen LogP contribution in [0.3, 0.4) is 0 Å². The normalized spacial score (nSPS) is 14.2. The fourth-order valence-electron chi connectivity index (χ4n) is 4.14. The summed E-state index contributed by atoms with van der Waals surface area (Å²) in [6.07, 6.45) is -4.42. The van der Waals surface area contributed by atoms with Gasteiger partial charge < -0.3 is 24.7 Å². The van der Waals surface area contributed by atoms with Crippen LogP contribution < -0.4 is 49.5 Å². The van der Waals surface area contributed by atoms with Crippen molar-refractivity contribution in [1.29, 1.82) is 0 Å². The van der Waals surface area contributed by atoms with E-state index in [1.165, 1.54) is 48.5 Å². The van der Waals surface area contributed by atoms with Crippen LogP contribution in [0.5, 0.6) is 17.2 Å². The van der Waals surface area contributed by atoms with Crippen LogP contribution >= 0.6 is 11.6 Å². The molecule has 1 aliphatic rings. The summed E-state index contributed by atoms with van der Waals surface area (Å²) in [5, 5.41) is 21.7. The fraction of sp³-hybridized carbons (Fsp3) is 0.143. The molecule has 42 heavy (non-hydrogen) atoms. The minimum Gasteiger partial charge on any atom is -0.549 e. The molecule has 3 aromatic carbocycles. The first-order valence-corrected chi connectivity index (χ1v) is 12.3. The molecule has 1 aromatic heterocycles. The van der Waals surface area contributed by atoms with E-state index in [1.54, 1.807) is 0 Å². The van der Waals surface area contributed by atoms with Crippen molar-refractivity contribution in [1.82, 2.24) is 10.2 Å². The topological polar surface area (TPSA) is 113 Å². The Labute approximate surface area is 262 Å². The van der Waals surface area contributed by atoms with Crippen LogP contribution in [0, 0.1) is 5.82 Å². The third-order valence-electron chi connectivity index (χ3n) is 6.21. The van der Waals surface area contributed by atoms with Gasteiger partial charge in [-0.3, -0.25) is 4.79 Å². The number of carboxylic acid groups (broad SMARTS) is 1. The largest absolute Gasteiger partial charge is 1.00 e. The molecule has 0 bridgehead atoms. The summed E-state index contributed by atoms with van der Waals surface area (Å²) >= 11 is 6.30. The number of aromatic nitrogens is 2. The first kappa shape index (κ1) is 31.2. The predicted molar refractivity (Wildman–Crippen MR) is 136 cm³/mol. The van der Waals surface area contributed by atoms with Gasteiger partial charge in [0, 0.05) is 34.6 Å². The van der Waals surface area contributed by atoms with Crippen molar-refractivity contribution in [2.75, 3.05) is 11.9 Å². The smallest absolute Gasteiger partial charge is 0.549 e. The van der Waals surface area contributed by atoms with Gasteiger partial charge in [0.1, 0.15) is 23.1 Å². The van der Waals surface area contributed by atoms with E-state index >= 15 is 0 Å². The summed E-state index contributed by atoms with van der Waals surface area (Å²) < 4.78 is 63.9. The van der Waals surface area contributed by atoms with Gasteiger partial charge in [-0.25, -0.2) is 4.39 Å². The number of benzene rings is 3. The van der Waals surface area contributed by atoms with E-state index in [1.807, 2.05) is 0 Å². The maximum absolute atomic E-state index is 14.2. The van der Waals surface area contributed by atoms with Crippen LogP contribution in [0.15, 0.2) is 66.7 Å². The third-order valence-corrected chi connectivity index (χ3v) is 6.51. The number of alkyl halides is 3. The van der Waals surface area contributed by atoms with Crippen LogP contribution in [0.25, 0.3) is 11.3 Å². The number of ether oxygens (including phenoxy) is 2. The van der Waals surface area contributed by atoms with E-state index in [0.29, 0.717) is 23.1 Å². The summed E-state index contributed by atoms with van der Waals surface area (Å²) in [5.41, 5.74) is -0.686. The number of nitrogens with zero attached hydrogens (tertiary/aromatic N) is 2. The molecule has 14 heteroatoms. The molecule has 0 radical (unpaired) electrons. The zero-order chi connectivity index (χ0) is 29.3. The van der Waals surface area contributed by atoms with Crippen LogP contribution in [0.1, 0.15) is 33.8 Å². The van der Waals surface area contributed by atoms with E-state index < -0.39 is 35.4 Å². The molecule has 8 nitrogen and oxygen atoms in total. The second-order valence-corrected chi connectivity index (χ2v) is 9.31. The van der Waals surface area contributed by atoms with Gasteiger partial charge in [-0.2, -0.15) is 13.2 Å². The van der Waals surface area contributed by atoms with E-state index in [9.17, 15) is 32.3 Å². The number of amides is 1. The Morgan fingerprint density at radius 3 is 2.38 bits per heavy atom. The standard InChI is InChI=1S/C28H18ClF4N3O5.Na/c29-20-12-19-17(27(38)39)9-10-40-23(19)13-24(20)41-16-4-1-14(2-5-16)26(37)34-25-8-7-22(35-36-25)18-6-3-15(11-21(18)30)28(31,32)33;/h1-8,11-13,17H,9-10H2,(H,38,39)(H,34,36,37);/q;+1/p-1. The molecule has 0 aliphatic carbocycles. The van der Waals surface area contributed by atoms with E-state index in [4.69, 9.17) is 21.1 Å². The molecule has 1 unspecified atom stereocenters. The first-order chi connectivity index (χ1) is 19.5.